The highest BCUT2D eigenvalue weighted by atomic mass is 79.9. The van der Waals surface area contributed by atoms with Gasteiger partial charge in [0.05, 0.1) is 0 Å². The summed E-state index contributed by atoms with van der Waals surface area (Å²) in [6.07, 6.45) is 3.69. The molecule has 0 unspecified atom stereocenters. The summed E-state index contributed by atoms with van der Waals surface area (Å²) in [6.45, 7) is 11.8. The molecule has 0 fully saturated rings. The minimum atomic E-state index is 0.417. The molecule has 0 spiro atoms. The van der Waals surface area contributed by atoms with Crippen molar-refractivity contribution in [2.75, 3.05) is 0 Å². The van der Waals surface area contributed by atoms with E-state index in [9.17, 15) is 0 Å². The monoisotopic (exact) mass is 296 g/mol. The van der Waals surface area contributed by atoms with Crippen molar-refractivity contribution >= 4 is 15.9 Å². The quantitative estimate of drug-likeness (QED) is 0.654. The first-order valence-electron chi connectivity index (χ1n) is 6.42. The molecular weight excluding hydrogens is 272 g/mol. The molecule has 0 nitrogen and oxygen atoms in total. The average Bonchev–Trinajstić information content (AvgIpc) is 2.11. The maximum atomic E-state index is 3.53. The summed E-state index contributed by atoms with van der Waals surface area (Å²) in [5.74, 6) is 0. The van der Waals surface area contributed by atoms with Crippen LogP contribution in [0.25, 0.3) is 0 Å². The Bertz CT molecular complexity index is 358. The summed E-state index contributed by atoms with van der Waals surface area (Å²) < 4.78 is 1.18. The molecule has 0 saturated carbocycles. The summed E-state index contributed by atoms with van der Waals surface area (Å²) in [7, 11) is 0. The molecule has 0 bridgehead atoms. The molecule has 0 atom stereocenters. The van der Waals surface area contributed by atoms with Crippen LogP contribution < -0.4 is 0 Å². The Hall–Kier alpha value is -0.300. The fourth-order valence-corrected chi connectivity index (χ4v) is 3.15. The maximum Gasteiger partial charge on any atom is 0.0177 e. The van der Waals surface area contributed by atoms with E-state index in [-0.39, 0.29) is 0 Å². The van der Waals surface area contributed by atoms with Crippen LogP contribution in [-0.4, -0.2) is 0 Å². The SMILES string of the molecule is CC(C)(C)CC(C)(C)CCc1cccc(Br)c1. The Morgan fingerprint density at radius 2 is 1.71 bits per heavy atom. The zero-order valence-electron chi connectivity index (χ0n) is 11.8. The number of aryl methyl sites for hydroxylation is 1. The summed E-state index contributed by atoms with van der Waals surface area (Å²) in [5.41, 5.74) is 2.27. The summed E-state index contributed by atoms with van der Waals surface area (Å²) in [5, 5.41) is 0. The molecule has 1 aromatic carbocycles. The lowest BCUT2D eigenvalue weighted by Gasteiger charge is -2.32. The summed E-state index contributed by atoms with van der Waals surface area (Å²) >= 11 is 3.53. The van der Waals surface area contributed by atoms with Gasteiger partial charge < -0.3 is 0 Å². The van der Waals surface area contributed by atoms with Gasteiger partial charge in [0.15, 0.2) is 0 Å². The molecule has 1 aromatic rings. The first kappa shape index (κ1) is 14.8. The van der Waals surface area contributed by atoms with Gasteiger partial charge in [-0.1, -0.05) is 62.7 Å². The van der Waals surface area contributed by atoms with Crippen LogP contribution in [0.4, 0.5) is 0 Å². The van der Waals surface area contributed by atoms with Gasteiger partial charge in [-0.15, -0.1) is 0 Å². The van der Waals surface area contributed by atoms with Gasteiger partial charge >= 0.3 is 0 Å². The predicted octanol–water partition coefficient (Wildman–Crippen LogP) is 5.84. The normalized spacial score (nSPS) is 12.8. The van der Waals surface area contributed by atoms with Crippen LogP contribution in [0.3, 0.4) is 0 Å². The number of benzene rings is 1. The van der Waals surface area contributed by atoms with Crippen molar-refractivity contribution in [2.24, 2.45) is 10.8 Å². The number of hydrogen-bond acceptors (Lipinski definition) is 0. The highest BCUT2D eigenvalue weighted by Crippen LogP contribution is 2.36. The van der Waals surface area contributed by atoms with Crippen LogP contribution >= 0.6 is 15.9 Å². The zero-order chi connectivity index (χ0) is 13.1. The molecule has 0 aliphatic rings. The van der Waals surface area contributed by atoms with Crippen LogP contribution in [0.5, 0.6) is 0 Å². The fraction of sp³-hybridized carbons (Fsp3) is 0.625. The minimum Gasteiger partial charge on any atom is -0.0609 e. The summed E-state index contributed by atoms with van der Waals surface area (Å²) in [6, 6.07) is 8.66. The van der Waals surface area contributed by atoms with Crippen molar-refractivity contribution in [3.05, 3.63) is 34.3 Å². The first-order chi connectivity index (χ1) is 7.68. The van der Waals surface area contributed by atoms with Gasteiger partial charge in [-0.3, -0.25) is 0 Å². The lowest BCUT2D eigenvalue weighted by molar-refractivity contribution is 0.199. The van der Waals surface area contributed by atoms with E-state index in [2.05, 4.69) is 74.8 Å². The zero-order valence-corrected chi connectivity index (χ0v) is 13.4. The lowest BCUT2D eigenvalue weighted by atomic mass is 9.73. The van der Waals surface area contributed by atoms with Crippen molar-refractivity contribution in [3.8, 4) is 0 Å². The third kappa shape index (κ3) is 6.26. The van der Waals surface area contributed by atoms with E-state index in [0.29, 0.717) is 10.8 Å². The molecule has 0 N–H and O–H groups in total. The molecule has 0 aliphatic heterocycles. The summed E-state index contributed by atoms with van der Waals surface area (Å²) in [4.78, 5) is 0. The average molecular weight is 297 g/mol. The molecule has 1 rings (SSSR count). The van der Waals surface area contributed by atoms with Gasteiger partial charge in [0, 0.05) is 4.47 Å². The second-order valence-electron chi connectivity index (χ2n) is 7.03. The van der Waals surface area contributed by atoms with Gasteiger partial charge in [0.1, 0.15) is 0 Å². The van der Waals surface area contributed by atoms with E-state index in [1.807, 2.05) is 0 Å². The maximum absolute atomic E-state index is 3.53. The Balaban J connectivity index is 2.55. The second kappa shape index (κ2) is 5.56. The fourth-order valence-electron chi connectivity index (χ4n) is 2.70. The second-order valence-corrected chi connectivity index (χ2v) is 7.95. The van der Waals surface area contributed by atoms with Crippen LogP contribution in [0, 0.1) is 10.8 Å². The van der Waals surface area contributed by atoms with Crippen molar-refractivity contribution in [1.29, 1.82) is 0 Å². The van der Waals surface area contributed by atoms with Crippen molar-refractivity contribution < 1.29 is 0 Å². The van der Waals surface area contributed by atoms with E-state index < -0.39 is 0 Å². The molecule has 0 saturated heterocycles. The van der Waals surface area contributed by atoms with Crippen molar-refractivity contribution in [2.45, 2.75) is 53.9 Å². The standard InChI is InChI=1S/C16H25Br/c1-15(2,3)12-16(4,5)10-9-13-7-6-8-14(17)11-13/h6-8,11H,9-10,12H2,1-5H3. The third-order valence-electron chi connectivity index (χ3n) is 2.99. The van der Waals surface area contributed by atoms with Crippen LogP contribution in [0.1, 0.15) is 53.0 Å². The van der Waals surface area contributed by atoms with Crippen LogP contribution in [0.2, 0.25) is 0 Å². The van der Waals surface area contributed by atoms with E-state index in [4.69, 9.17) is 0 Å². The highest BCUT2D eigenvalue weighted by molar-refractivity contribution is 9.10. The molecule has 96 valence electrons. The van der Waals surface area contributed by atoms with Gasteiger partial charge in [0.2, 0.25) is 0 Å². The molecule has 0 aromatic heterocycles. The Morgan fingerprint density at radius 3 is 2.24 bits per heavy atom. The Labute approximate surface area is 115 Å². The molecule has 0 heterocycles. The van der Waals surface area contributed by atoms with Crippen LogP contribution in [0.15, 0.2) is 28.7 Å². The Kier molecular flexibility index (Phi) is 4.83. The highest BCUT2D eigenvalue weighted by Gasteiger charge is 2.24. The third-order valence-corrected chi connectivity index (χ3v) is 3.48. The minimum absolute atomic E-state index is 0.417. The topological polar surface area (TPSA) is 0 Å². The number of rotatable bonds is 4. The lowest BCUT2D eigenvalue weighted by Crippen LogP contribution is -2.21. The van der Waals surface area contributed by atoms with E-state index in [1.54, 1.807) is 0 Å². The van der Waals surface area contributed by atoms with Gasteiger partial charge in [-0.05, 0) is 47.8 Å². The molecule has 0 aliphatic carbocycles. The number of hydrogen-bond donors (Lipinski definition) is 0. The van der Waals surface area contributed by atoms with Crippen LogP contribution in [-0.2, 0) is 6.42 Å². The Morgan fingerprint density at radius 1 is 1.06 bits per heavy atom. The van der Waals surface area contributed by atoms with Gasteiger partial charge in [-0.2, -0.15) is 0 Å². The van der Waals surface area contributed by atoms with Crippen molar-refractivity contribution in [3.63, 3.8) is 0 Å². The largest absolute Gasteiger partial charge is 0.0609 e. The molecular formula is C16H25Br. The van der Waals surface area contributed by atoms with E-state index in [0.717, 1.165) is 0 Å². The van der Waals surface area contributed by atoms with Gasteiger partial charge in [-0.25, -0.2) is 0 Å². The molecule has 0 amide bonds. The molecule has 0 radical (unpaired) electrons. The van der Waals surface area contributed by atoms with E-state index in [1.165, 1.54) is 29.3 Å². The molecule has 17 heavy (non-hydrogen) atoms. The smallest absolute Gasteiger partial charge is 0.0177 e. The number of halogens is 1. The predicted molar refractivity (Wildman–Crippen MR) is 80.3 cm³/mol. The molecule has 1 heteroatoms. The van der Waals surface area contributed by atoms with E-state index >= 15 is 0 Å². The van der Waals surface area contributed by atoms with Crippen molar-refractivity contribution in [1.82, 2.24) is 0 Å². The van der Waals surface area contributed by atoms with Gasteiger partial charge in [0.25, 0.3) is 0 Å². The first-order valence-corrected chi connectivity index (χ1v) is 7.22.